The van der Waals surface area contributed by atoms with Gasteiger partial charge in [0, 0.05) is 18.1 Å². The minimum absolute atomic E-state index is 0.465. The smallest absolute Gasteiger partial charge is 0.191 e. The lowest BCUT2D eigenvalue weighted by molar-refractivity contribution is 1.05. The van der Waals surface area contributed by atoms with E-state index in [0.717, 1.165) is 22.4 Å². The highest BCUT2D eigenvalue weighted by Gasteiger charge is 2.03. The van der Waals surface area contributed by atoms with Crippen LogP contribution in [0.5, 0.6) is 0 Å². The van der Waals surface area contributed by atoms with Gasteiger partial charge in [0.1, 0.15) is 0 Å². The maximum Gasteiger partial charge on any atom is 0.191 e. The van der Waals surface area contributed by atoms with Crippen LogP contribution < -0.4 is 10.7 Å². The molecule has 102 valence electrons. The maximum absolute atomic E-state index is 5.22. The third kappa shape index (κ3) is 3.86. The van der Waals surface area contributed by atoms with Crippen molar-refractivity contribution in [1.82, 2.24) is 10.4 Å². The summed E-state index contributed by atoms with van der Waals surface area (Å²) in [5.74, 6) is 0. The van der Waals surface area contributed by atoms with Crippen molar-refractivity contribution in [3.63, 3.8) is 0 Å². The molecule has 0 aliphatic rings. The lowest BCUT2D eigenvalue weighted by Crippen LogP contribution is -2.24. The Kier molecular flexibility index (Phi) is 4.79. The highest BCUT2D eigenvalue weighted by atomic mass is 32.1. The van der Waals surface area contributed by atoms with E-state index in [1.807, 2.05) is 44.2 Å². The van der Waals surface area contributed by atoms with Crippen molar-refractivity contribution in [1.29, 1.82) is 0 Å². The minimum atomic E-state index is 0.465. The zero-order chi connectivity index (χ0) is 14.4. The Hall–Kier alpha value is -2.27. The first-order valence-electron chi connectivity index (χ1n) is 6.23. The molecule has 0 saturated carbocycles. The van der Waals surface area contributed by atoms with Gasteiger partial charge in [-0.1, -0.05) is 18.2 Å². The van der Waals surface area contributed by atoms with Gasteiger partial charge >= 0.3 is 0 Å². The van der Waals surface area contributed by atoms with E-state index in [4.69, 9.17) is 12.2 Å². The quantitative estimate of drug-likeness (QED) is 0.517. The molecule has 0 bridgehead atoms. The summed E-state index contributed by atoms with van der Waals surface area (Å²) in [4.78, 5) is 3.94. The number of hydrogen-bond donors (Lipinski definition) is 2. The van der Waals surface area contributed by atoms with Crippen LogP contribution in [0.15, 0.2) is 47.8 Å². The second-order valence-electron chi connectivity index (χ2n) is 4.37. The highest BCUT2D eigenvalue weighted by Crippen LogP contribution is 2.18. The molecule has 0 aliphatic heterocycles. The standard InChI is InChI=1S/C15H16N4S/c1-11-4-3-5-12(2)14(11)18-15(20)19-17-10-13-6-8-16-9-7-13/h3-10H,1-2H3,(H2,18,19,20)/b17-10+. The summed E-state index contributed by atoms with van der Waals surface area (Å²) in [7, 11) is 0. The molecule has 20 heavy (non-hydrogen) atoms. The number of rotatable bonds is 3. The Morgan fingerprint density at radius 1 is 1.15 bits per heavy atom. The topological polar surface area (TPSA) is 49.3 Å². The lowest BCUT2D eigenvalue weighted by atomic mass is 10.1. The fourth-order valence-corrected chi connectivity index (χ4v) is 1.92. The van der Waals surface area contributed by atoms with Gasteiger partial charge in [-0.05, 0) is 54.9 Å². The van der Waals surface area contributed by atoms with Gasteiger partial charge in [-0.15, -0.1) is 0 Å². The number of nitrogens with zero attached hydrogens (tertiary/aromatic N) is 2. The van der Waals surface area contributed by atoms with E-state index < -0.39 is 0 Å². The lowest BCUT2D eigenvalue weighted by Gasteiger charge is -2.12. The van der Waals surface area contributed by atoms with Gasteiger partial charge in [-0.2, -0.15) is 5.10 Å². The molecule has 1 aromatic heterocycles. The average Bonchev–Trinajstić information content (AvgIpc) is 2.44. The first-order chi connectivity index (χ1) is 9.66. The Morgan fingerprint density at radius 2 is 1.80 bits per heavy atom. The summed E-state index contributed by atoms with van der Waals surface area (Å²) < 4.78 is 0. The molecule has 1 aromatic carbocycles. The van der Waals surface area contributed by atoms with Gasteiger partial charge in [0.15, 0.2) is 5.11 Å². The number of pyridine rings is 1. The van der Waals surface area contributed by atoms with Crippen molar-refractivity contribution in [3.8, 4) is 0 Å². The van der Waals surface area contributed by atoms with Crippen LogP contribution in [0.4, 0.5) is 5.69 Å². The normalized spacial score (nSPS) is 10.5. The number of hydrogen-bond acceptors (Lipinski definition) is 3. The molecule has 0 fully saturated rings. The molecule has 0 atom stereocenters. The zero-order valence-corrected chi connectivity index (χ0v) is 12.2. The van der Waals surface area contributed by atoms with Gasteiger partial charge in [-0.25, -0.2) is 0 Å². The van der Waals surface area contributed by atoms with Crippen molar-refractivity contribution in [2.24, 2.45) is 5.10 Å². The van der Waals surface area contributed by atoms with Crippen LogP contribution in [-0.4, -0.2) is 16.3 Å². The molecule has 0 saturated heterocycles. The number of thiocarbonyl (C=S) groups is 1. The monoisotopic (exact) mass is 284 g/mol. The summed E-state index contributed by atoms with van der Waals surface area (Å²) >= 11 is 5.22. The van der Waals surface area contributed by atoms with Crippen molar-refractivity contribution in [2.45, 2.75) is 13.8 Å². The van der Waals surface area contributed by atoms with Crippen molar-refractivity contribution in [3.05, 3.63) is 59.4 Å². The van der Waals surface area contributed by atoms with Gasteiger partial charge in [-0.3, -0.25) is 10.4 Å². The molecular weight excluding hydrogens is 268 g/mol. The first-order valence-corrected chi connectivity index (χ1v) is 6.64. The van der Waals surface area contributed by atoms with Crippen LogP contribution >= 0.6 is 12.2 Å². The van der Waals surface area contributed by atoms with E-state index in [-0.39, 0.29) is 0 Å². The summed E-state index contributed by atoms with van der Waals surface area (Å²) in [5.41, 5.74) is 7.07. The minimum Gasteiger partial charge on any atom is -0.331 e. The Bertz CT molecular complexity index is 603. The SMILES string of the molecule is Cc1cccc(C)c1NC(=S)N/N=C/c1ccncc1. The zero-order valence-electron chi connectivity index (χ0n) is 11.4. The van der Waals surface area contributed by atoms with Crippen molar-refractivity contribution < 1.29 is 0 Å². The number of hydrazone groups is 1. The van der Waals surface area contributed by atoms with Crippen LogP contribution in [0, 0.1) is 13.8 Å². The van der Waals surface area contributed by atoms with Crippen molar-refractivity contribution >= 4 is 29.2 Å². The number of nitrogens with one attached hydrogen (secondary N) is 2. The van der Waals surface area contributed by atoms with E-state index in [2.05, 4.69) is 20.8 Å². The van der Waals surface area contributed by atoms with E-state index in [0.29, 0.717) is 5.11 Å². The number of aryl methyl sites for hydroxylation is 2. The molecule has 0 amide bonds. The molecule has 0 radical (unpaired) electrons. The van der Waals surface area contributed by atoms with Crippen LogP contribution in [0.1, 0.15) is 16.7 Å². The van der Waals surface area contributed by atoms with Gasteiger partial charge in [0.05, 0.1) is 6.21 Å². The fraction of sp³-hybridized carbons (Fsp3) is 0.133. The molecule has 2 rings (SSSR count). The number of anilines is 1. The van der Waals surface area contributed by atoms with E-state index in [9.17, 15) is 0 Å². The summed E-state index contributed by atoms with van der Waals surface area (Å²) in [6.07, 6.45) is 5.13. The largest absolute Gasteiger partial charge is 0.331 e. The number of benzene rings is 1. The summed E-state index contributed by atoms with van der Waals surface area (Å²) in [5, 5.41) is 7.71. The molecule has 2 N–H and O–H groups in total. The van der Waals surface area contributed by atoms with Crippen LogP contribution in [0.2, 0.25) is 0 Å². The van der Waals surface area contributed by atoms with E-state index in [1.165, 1.54) is 0 Å². The Morgan fingerprint density at radius 3 is 2.45 bits per heavy atom. The predicted molar refractivity (Wildman–Crippen MR) is 87.1 cm³/mol. The molecule has 0 spiro atoms. The van der Waals surface area contributed by atoms with E-state index >= 15 is 0 Å². The van der Waals surface area contributed by atoms with Gasteiger partial charge in [0.25, 0.3) is 0 Å². The predicted octanol–water partition coefficient (Wildman–Crippen LogP) is 3.02. The summed E-state index contributed by atoms with van der Waals surface area (Å²) in [6, 6.07) is 9.84. The second-order valence-corrected chi connectivity index (χ2v) is 4.78. The van der Waals surface area contributed by atoms with Crippen LogP contribution in [-0.2, 0) is 0 Å². The third-order valence-electron chi connectivity index (χ3n) is 2.81. The highest BCUT2D eigenvalue weighted by molar-refractivity contribution is 7.80. The molecule has 0 aliphatic carbocycles. The summed E-state index contributed by atoms with van der Waals surface area (Å²) in [6.45, 7) is 4.08. The van der Waals surface area contributed by atoms with Crippen LogP contribution in [0.25, 0.3) is 0 Å². The fourth-order valence-electron chi connectivity index (χ4n) is 1.77. The third-order valence-corrected chi connectivity index (χ3v) is 3.00. The van der Waals surface area contributed by atoms with Crippen molar-refractivity contribution in [2.75, 3.05) is 5.32 Å². The van der Waals surface area contributed by atoms with Gasteiger partial charge in [0.2, 0.25) is 0 Å². The molecular formula is C15H16N4S. The molecule has 5 heteroatoms. The Balaban J connectivity index is 1.95. The number of aromatic nitrogens is 1. The van der Waals surface area contributed by atoms with E-state index in [1.54, 1.807) is 18.6 Å². The maximum atomic E-state index is 5.22. The first kappa shape index (κ1) is 14.1. The van der Waals surface area contributed by atoms with Gasteiger partial charge < -0.3 is 5.32 Å². The average molecular weight is 284 g/mol. The second kappa shape index (κ2) is 6.77. The van der Waals surface area contributed by atoms with Crippen LogP contribution in [0.3, 0.4) is 0 Å². The molecule has 4 nitrogen and oxygen atoms in total. The molecule has 2 aromatic rings. The molecule has 0 unspecified atom stereocenters. The Labute approximate surface area is 123 Å². The number of para-hydroxylation sites is 1. The molecule has 1 heterocycles.